The van der Waals surface area contributed by atoms with Gasteiger partial charge in [0.25, 0.3) is 0 Å². The van der Waals surface area contributed by atoms with Crippen LogP contribution in [0, 0.1) is 11.3 Å². The van der Waals surface area contributed by atoms with Gasteiger partial charge in [-0.25, -0.2) is 4.79 Å². The average molecular weight is 386 g/mol. The Hall–Kier alpha value is -0.553. The standard InChI is InChI=1S/C21H43NO3Si/c1-9-10-15-26(8,17-20(2,3)4)24-16-18-11-13-22(14-12-18)19(23)25-21(5,6)7/h18H,9-17H2,1-8H3. The number of piperidine rings is 1. The minimum atomic E-state index is -1.67. The molecule has 4 nitrogen and oxygen atoms in total. The van der Waals surface area contributed by atoms with Crippen molar-refractivity contribution < 1.29 is 14.0 Å². The Labute approximate surface area is 163 Å². The van der Waals surface area contributed by atoms with Crippen LogP contribution >= 0.6 is 0 Å². The molecule has 1 saturated heterocycles. The highest BCUT2D eigenvalue weighted by Crippen LogP contribution is 2.33. The zero-order valence-electron chi connectivity index (χ0n) is 18.6. The Morgan fingerprint density at radius 3 is 2.15 bits per heavy atom. The summed E-state index contributed by atoms with van der Waals surface area (Å²) >= 11 is 0. The SMILES string of the molecule is CCCC[Si](C)(CC(C)(C)C)OCC1CCN(C(=O)OC(C)(C)C)CC1. The van der Waals surface area contributed by atoms with Gasteiger partial charge in [-0.15, -0.1) is 0 Å². The van der Waals surface area contributed by atoms with E-state index in [1.54, 1.807) is 0 Å². The second kappa shape index (κ2) is 9.58. The molecule has 0 bridgehead atoms. The summed E-state index contributed by atoms with van der Waals surface area (Å²) in [6.45, 7) is 19.9. The number of hydrogen-bond donors (Lipinski definition) is 0. The molecule has 0 aromatic heterocycles. The van der Waals surface area contributed by atoms with Crippen molar-refractivity contribution >= 4 is 14.4 Å². The van der Waals surface area contributed by atoms with Crippen LogP contribution in [0.5, 0.6) is 0 Å². The Morgan fingerprint density at radius 1 is 1.12 bits per heavy atom. The van der Waals surface area contributed by atoms with E-state index in [9.17, 15) is 4.79 Å². The molecular formula is C21H43NO3Si. The smallest absolute Gasteiger partial charge is 0.410 e. The maximum absolute atomic E-state index is 12.2. The Kier molecular flexibility index (Phi) is 8.66. The highest BCUT2D eigenvalue weighted by atomic mass is 28.4. The summed E-state index contributed by atoms with van der Waals surface area (Å²) < 4.78 is 12.1. The molecule has 26 heavy (non-hydrogen) atoms. The van der Waals surface area contributed by atoms with Gasteiger partial charge < -0.3 is 14.1 Å². The van der Waals surface area contributed by atoms with Crippen molar-refractivity contribution in [3.63, 3.8) is 0 Å². The van der Waals surface area contributed by atoms with E-state index in [-0.39, 0.29) is 6.09 Å². The van der Waals surface area contributed by atoms with Crippen LogP contribution < -0.4 is 0 Å². The highest BCUT2D eigenvalue weighted by molar-refractivity contribution is 6.72. The minimum Gasteiger partial charge on any atom is -0.444 e. The van der Waals surface area contributed by atoms with E-state index in [0.717, 1.165) is 32.5 Å². The van der Waals surface area contributed by atoms with Crippen LogP contribution in [0.4, 0.5) is 4.79 Å². The number of unbranched alkanes of at least 4 members (excludes halogenated alkanes) is 1. The molecule has 1 heterocycles. The Bertz CT molecular complexity index is 434. The Balaban J connectivity index is 2.48. The topological polar surface area (TPSA) is 38.8 Å². The van der Waals surface area contributed by atoms with Crippen LogP contribution in [-0.2, 0) is 9.16 Å². The summed E-state index contributed by atoms with van der Waals surface area (Å²) in [7, 11) is -1.67. The van der Waals surface area contributed by atoms with Crippen molar-refractivity contribution in [1.82, 2.24) is 4.90 Å². The fourth-order valence-electron chi connectivity index (χ4n) is 3.81. The van der Waals surface area contributed by atoms with Gasteiger partial charge in [-0.3, -0.25) is 0 Å². The molecule has 1 rings (SSSR count). The van der Waals surface area contributed by atoms with Crippen LogP contribution in [-0.4, -0.2) is 44.6 Å². The predicted molar refractivity (Wildman–Crippen MR) is 112 cm³/mol. The number of carbonyl (C=O) groups is 1. The lowest BCUT2D eigenvalue weighted by atomic mass is 9.98. The molecule has 0 saturated carbocycles. The van der Waals surface area contributed by atoms with Crippen LogP contribution in [0.25, 0.3) is 0 Å². The van der Waals surface area contributed by atoms with Gasteiger partial charge in [-0.1, -0.05) is 40.5 Å². The lowest BCUT2D eigenvalue weighted by Crippen LogP contribution is -2.44. The average Bonchev–Trinajstić information content (AvgIpc) is 2.48. The van der Waals surface area contributed by atoms with Gasteiger partial charge in [-0.05, 0) is 63.6 Å². The van der Waals surface area contributed by atoms with Crippen molar-refractivity contribution in [3.8, 4) is 0 Å². The van der Waals surface area contributed by atoms with E-state index in [2.05, 4.69) is 34.2 Å². The Morgan fingerprint density at radius 2 is 1.69 bits per heavy atom. The lowest BCUT2D eigenvalue weighted by molar-refractivity contribution is 0.0162. The number of nitrogens with zero attached hydrogens (tertiary/aromatic N) is 1. The fourth-order valence-corrected chi connectivity index (χ4v) is 8.22. The number of amides is 1. The van der Waals surface area contributed by atoms with E-state index in [1.807, 2.05) is 25.7 Å². The second-order valence-corrected chi connectivity index (χ2v) is 14.6. The van der Waals surface area contributed by atoms with Crippen molar-refractivity contribution in [2.75, 3.05) is 19.7 Å². The molecule has 1 atom stereocenters. The van der Waals surface area contributed by atoms with Crippen LogP contribution in [0.2, 0.25) is 18.6 Å². The third kappa shape index (κ3) is 9.40. The van der Waals surface area contributed by atoms with Crippen molar-refractivity contribution in [2.24, 2.45) is 11.3 Å². The molecule has 1 fully saturated rings. The molecule has 1 amide bonds. The van der Waals surface area contributed by atoms with Crippen molar-refractivity contribution in [2.45, 2.75) is 98.4 Å². The second-order valence-electron chi connectivity index (χ2n) is 10.5. The fraction of sp³-hybridized carbons (Fsp3) is 0.952. The summed E-state index contributed by atoms with van der Waals surface area (Å²) in [5, 5.41) is 0. The maximum atomic E-state index is 12.2. The molecule has 0 radical (unpaired) electrons. The molecule has 1 aliphatic rings. The third-order valence-electron chi connectivity index (χ3n) is 4.90. The van der Waals surface area contributed by atoms with Gasteiger partial charge in [0, 0.05) is 19.7 Å². The molecule has 1 unspecified atom stereocenters. The van der Waals surface area contributed by atoms with Crippen LogP contribution in [0.15, 0.2) is 0 Å². The molecule has 1 aliphatic heterocycles. The molecule has 0 N–H and O–H groups in total. The largest absolute Gasteiger partial charge is 0.444 e. The maximum Gasteiger partial charge on any atom is 0.410 e. The molecule has 0 aromatic carbocycles. The first-order valence-electron chi connectivity index (χ1n) is 10.5. The van der Waals surface area contributed by atoms with E-state index < -0.39 is 13.9 Å². The van der Waals surface area contributed by atoms with Gasteiger partial charge >= 0.3 is 6.09 Å². The van der Waals surface area contributed by atoms with E-state index >= 15 is 0 Å². The molecule has 154 valence electrons. The monoisotopic (exact) mass is 385 g/mol. The van der Waals surface area contributed by atoms with Gasteiger partial charge in [0.2, 0.25) is 0 Å². The van der Waals surface area contributed by atoms with Crippen LogP contribution in [0.3, 0.4) is 0 Å². The van der Waals surface area contributed by atoms with Crippen molar-refractivity contribution in [3.05, 3.63) is 0 Å². The van der Waals surface area contributed by atoms with Gasteiger partial charge in [0.15, 0.2) is 8.32 Å². The number of hydrogen-bond acceptors (Lipinski definition) is 3. The molecule has 5 heteroatoms. The summed E-state index contributed by atoms with van der Waals surface area (Å²) in [4.78, 5) is 14.0. The zero-order chi connectivity index (χ0) is 20.0. The van der Waals surface area contributed by atoms with E-state index in [1.165, 1.54) is 24.9 Å². The van der Waals surface area contributed by atoms with Crippen molar-refractivity contribution in [1.29, 1.82) is 0 Å². The molecule has 0 aromatic rings. The van der Waals surface area contributed by atoms with Gasteiger partial charge in [-0.2, -0.15) is 0 Å². The third-order valence-corrected chi connectivity index (χ3v) is 8.98. The van der Waals surface area contributed by atoms with Gasteiger partial charge in [0.05, 0.1) is 0 Å². The summed E-state index contributed by atoms with van der Waals surface area (Å²) in [6.07, 6.45) is 4.38. The minimum absolute atomic E-state index is 0.174. The lowest BCUT2D eigenvalue weighted by Gasteiger charge is -2.37. The molecule has 0 aliphatic carbocycles. The summed E-state index contributed by atoms with van der Waals surface area (Å²) in [5.41, 5.74) is -0.0918. The number of carbonyl (C=O) groups excluding carboxylic acids is 1. The quantitative estimate of drug-likeness (QED) is 0.499. The van der Waals surface area contributed by atoms with Crippen LogP contribution in [0.1, 0.15) is 74.1 Å². The number of likely N-dealkylation sites (tertiary alicyclic amines) is 1. The first kappa shape index (κ1) is 23.5. The first-order chi connectivity index (χ1) is 11.8. The molecule has 0 spiro atoms. The zero-order valence-corrected chi connectivity index (χ0v) is 19.6. The number of rotatable bonds is 7. The first-order valence-corrected chi connectivity index (χ1v) is 13.3. The number of ether oxygens (including phenoxy) is 1. The molecular weight excluding hydrogens is 342 g/mol. The normalized spacial score (nSPS) is 19.3. The van der Waals surface area contributed by atoms with E-state index in [0.29, 0.717) is 11.3 Å². The highest BCUT2D eigenvalue weighted by Gasteiger charge is 2.35. The summed E-state index contributed by atoms with van der Waals surface area (Å²) in [5.74, 6) is 0.571. The predicted octanol–water partition coefficient (Wildman–Crippen LogP) is 6.07. The van der Waals surface area contributed by atoms with Gasteiger partial charge in [0.1, 0.15) is 5.60 Å². The summed E-state index contributed by atoms with van der Waals surface area (Å²) in [6, 6.07) is 2.48. The van der Waals surface area contributed by atoms with E-state index in [4.69, 9.17) is 9.16 Å².